The number of nitrogens with zero attached hydrogens (tertiary/aromatic N) is 2. The number of nitrogens with one attached hydrogen (secondary N) is 1. The molecule has 2 rings (SSSR count). The molecule has 0 saturated heterocycles. The average molecular weight is 355 g/mol. The zero-order chi connectivity index (χ0) is 19.1. The smallest absolute Gasteiger partial charge is 0.310 e. The topological polar surface area (TPSA) is 88.6 Å². The monoisotopic (exact) mass is 355 g/mol. The van der Waals surface area contributed by atoms with E-state index in [1.165, 1.54) is 4.90 Å². The van der Waals surface area contributed by atoms with Gasteiger partial charge in [0, 0.05) is 37.2 Å². The lowest BCUT2D eigenvalue weighted by Gasteiger charge is -2.11. The second-order valence-corrected chi connectivity index (χ2v) is 5.97. The summed E-state index contributed by atoms with van der Waals surface area (Å²) in [4.78, 5) is 41.0. The standard InChI is InChI=1S/C19H21N3O4/c1-13-4-5-14(11-20-13)10-18(24)26-12-17(23)21-16-8-6-15(7-9-16)19(25)22(2)3/h4-9,11H,10,12H2,1-3H3,(H,21,23). The summed E-state index contributed by atoms with van der Waals surface area (Å²) in [6, 6.07) is 10.1. The Morgan fingerprint density at radius 1 is 1.08 bits per heavy atom. The van der Waals surface area contributed by atoms with E-state index in [9.17, 15) is 14.4 Å². The Balaban J connectivity index is 1.80. The van der Waals surface area contributed by atoms with Crippen molar-refractivity contribution in [1.82, 2.24) is 9.88 Å². The van der Waals surface area contributed by atoms with Gasteiger partial charge < -0.3 is 15.0 Å². The third kappa shape index (κ3) is 5.70. The van der Waals surface area contributed by atoms with E-state index in [-0.39, 0.29) is 18.9 Å². The van der Waals surface area contributed by atoms with E-state index in [0.29, 0.717) is 11.3 Å². The minimum Gasteiger partial charge on any atom is -0.455 e. The van der Waals surface area contributed by atoms with Crippen LogP contribution in [0.4, 0.5) is 5.69 Å². The summed E-state index contributed by atoms with van der Waals surface area (Å²) in [7, 11) is 3.33. The quantitative estimate of drug-likeness (QED) is 0.799. The Bertz CT molecular complexity index is 783. The number of rotatable bonds is 6. The highest BCUT2D eigenvalue weighted by Gasteiger charge is 2.11. The SMILES string of the molecule is Cc1ccc(CC(=O)OCC(=O)Nc2ccc(C(=O)N(C)C)cc2)cn1. The number of amides is 2. The van der Waals surface area contributed by atoms with Gasteiger partial charge >= 0.3 is 5.97 Å². The average Bonchev–Trinajstić information content (AvgIpc) is 2.62. The molecule has 7 nitrogen and oxygen atoms in total. The van der Waals surface area contributed by atoms with Crippen molar-refractivity contribution in [2.24, 2.45) is 0 Å². The molecule has 0 bridgehead atoms. The maximum Gasteiger partial charge on any atom is 0.310 e. The molecule has 7 heteroatoms. The van der Waals surface area contributed by atoms with Gasteiger partial charge in [-0.2, -0.15) is 0 Å². The number of hydrogen-bond acceptors (Lipinski definition) is 5. The second-order valence-electron chi connectivity index (χ2n) is 5.97. The van der Waals surface area contributed by atoms with E-state index in [2.05, 4.69) is 10.3 Å². The van der Waals surface area contributed by atoms with Crippen LogP contribution in [0.15, 0.2) is 42.6 Å². The summed E-state index contributed by atoms with van der Waals surface area (Å²) < 4.78 is 4.96. The number of anilines is 1. The number of aryl methyl sites for hydroxylation is 1. The number of hydrogen-bond donors (Lipinski definition) is 1. The van der Waals surface area contributed by atoms with Gasteiger partial charge in [0.05, 0.1) is 6.42 Å². The molecule has 26 heavy (non-hydrogen) atoms. The van der Waals surface area contributed by atoms with Crippen molar-refractivity contribution in [2.75, 3.05) is 26.0 Å². The molecule has 0 spiro atoms. The molecule has 1 N–H and O–H groups in total. The lowest BCUT2D eigenvalue weighted by molar-refractivity contribution is -0.146. The van der Waals surface area contributed by atoms with Gasteiger partial charge in [0.15, 0.2) is 6.61 Å². The zero-order valence-corrected chi connectivity index (χ0v) is 15.0. The van der Waals surface area contributed by atoms with Crippen LogP contribution in [0.2, 0.25) is 0 Å². The molecule has 0 fully saturated rings. The summed E-state index contributed by atoms with van der Waals surface area (Å²) in [6.45, 7) is 1.48. The van der Waals surface area contributed by atoms with Crippen LogP contribution in [0.3, 0.4) is 0 Å². The number of carbonyl (C=O) groups excluding carboxylic acids is 3. The Morgan fingerprint density at radius 3 is 2.35 bits per heavy atom. The van der Waals surface area contributed by atoms with Crippen LogP contribution in [0.25, 0.3) is 0 Å². The molecule has 0 aliphatic rings. The number of ether oxygens (including phenoxy) is 1. The van der Waals surface area contributed by atoms with Crippen molar-refractivity contribution < 1.29 is 19.1 Å². The largest absolute Gasteiger partial charge is 0.455 e. The third-order valence-electron chi connectivity index (χ3n) is 3.51. The number of carbonyl (C=O) groups is 3. The van der Waals surface area contributed by atoms with E-state index >= 15 is 0 Å². The van der Waals surface area contributed by atoms with Gasteiger partial charge in [-0.1, -0.05) is 6.07 Å². The molecular weight excluding hydrogens is 334 g/mol. The Hall–Kier alpha value is -3.22. The Labute approximate surface area is 152 Å². The van der Waals surface area contributed by atoms with Crippen molar-refractivity contribution in [3.8, 4) is 0 Å². The Kier molecular flexibility index (Phi) is 6.43. The first-order valence-corrected chi connectivity index (χ1v) is 8.04. The molecule has 1 heterocycles. The highest BCUT2D eigenvalue weighted by Crippen LogP contribution is 2.11. The first-order valence-electron chi connectivity index (χ1n) is 8.04. The molecule has 2 aromatic rings. The summed E-state index contributed by atoms with van der Waals surface area (Å²) >= 11 is 0. The fraction of sp³-hybridized carbons (Fsp3) is 0.263. The van der Waals surface area contributed by atoms with E-state index in [4.69, 9.17) is 4.74 Å². The summed E-state index contributed by atoms with van der Waals surface area (Å²) in [5.41, 5.74) is 2.62. The van der Waals surface area contributed by atoms with Crippen LogP contribution in [0.1, 0.15) is 21.6 Å². The fourth-order valence-electron chi connectivity index (χ4n) is 2.12. The molecule has 2 amide bonds. The molecule has 1 aromatic heterocycles. The lowest BCUT2D eigenvalue weighted by Crippen LogP contribution is -2.22. The van der Waals surface area contributed by atoms with Crippen molar-refractivity contribution in [2.45, 2.75) is 13.3 Å². The molecule has 0 radical (unpaired) electrons. The van der Waals surface area contributed by atoms with Crippen molar-refractivity contribution in [3.05, 3.63) is 59.4 Å². The first kappa shape index (κ1) is 19.1. The predicted molar refractivity (Wildman–Crippen MR) is 96.7 cm³/mol. The van der Waals surface area contributed by atoms with Crippen molar-refractivity contribution in [3.63, 3.8) is 0 Å². The van der Waals surface area contributed by atoms with Gasteiger partial charge in [-0.3, -0.25) is 19.4 Å². The van der Waals surface area contributed by atoms with Crippen molar-refractivity contribution in [1.29, 1.82) is 0 Å². The third-order valence-corrected chi connectivity index (χ3v) is 3.51. The summed E-state index contributed by atoms with van der Waals surface area (Å²) in [6.07, 6.45) is 1.66. The van der Waals surface area contributed by atoms with Crippen LogP contribution < -0.4 is 5.32 Å². The zero-order valence-electron chi connectivity index (χ0n) is 15.0. The molecule has 0 aliphatic carbocycles. The van der Waals surface area contributed by atoms with Gasteiger partial charge in [0.25, 0.3) is 11.8 Å². The van der Waals surface area contributed by atoms with Crippen LogP contribution >= 0.6 is 0 Å². The van der Waals surface area contributed by atoms with Crippen LogP contribution in [-0.4, -0.2) is 48.4 Å². The molecular formula is C19H21N3O4. The molecule has 0 unspecified atom stereocenters. The van der Waals surface area contributed by atoms with Crippen LogP contribution in [0.5, 0.6) is 0 Å². The van der Waals surface area contributed by atoms with Crippen LogP contribution in [-0.2, 0) is 20.7 Å². The maximum absolute atomic E-state index is 11.9. The van der Waals surface area contributed by atoms with Crippen LogP contribution in [0, 0.1) is 6.92 Å². The number of benzene rings is 1. The normalized spacial score (nSPS) is 10.1. The number of pyridine rings is 1. The van der Waals surface area contributed by atoms with Gasteiger partial charge in [-0.25, -0.2) is 0 Å². The van der Waals surface area contributed by atoms with Crippen molar-refractivity contribution >= 4 is 23.5 Å². The first-order chi connectivity index (χ1) is 12.3. The lowest BCUT2D eigenvalue weighted by atomic mass is 10.2. The summed E-state index contributed by atoms with van der Waals surface area (Å²) in [5, 5.41) is 2.61. The fourth-order valence-corrected chi connectivity index (χ4v) is 2.12. The van der Waals surface area contributed by atoms with Gasteiger partial charge in [-0.15, -0.1) is 0 Å². The van der Waals surface area contributed by atoms with E-state index in [1.54, 1.807) is 56.7 Å². The Morgan fingerprint density at radius 2 is 1.77 bits per heavy atom. The van der Waals surface area contributed by atoms with Gasteiger partial charge in [0.1, 0.15) is 0 Å². The molecule has 1 aromatic carbocycles. The number of aromatic nitrogens is 1. The highest BCUT2D eigenvalue weighted by atomic mass is 16.5. The minimum atomic E-state index is -0.502. The molecule has 136 valence electrons. The van der Waals surface area contributed by atoms with Gasteiger partial charge in [-0.05, 0) is 42.8 Å². The van der Waals surface area contributed by atoms with Gasteiger partial charge in [0.2, 0.25) is 0 Å². The molecule has 0 aliphatic heterocycles. The van der Waals surface area contributed by atoms with E-state index < -0.39 is 11.9 Å². The minimum absolute atomic E-state index is 0.0574. The molecule has 0 saturated carbocycles. The summed E-state index contributed by atoms with van der Waals surface area (Å²) in [5.74, 6) is -1.08. The predicted octanol–water partition coefficient (Wildman–Crippen LogP) is 1.82. The van der Waals surface area contributed by atoms with E-state index in [1.807, 2.05) is 6.92 Å². The molecule has 0 atom stereocenters. The second kappa shape index (κ2) is 8.75. The maximum atomic E-state index is 11.9. The number of esters is 1. The van der Waals surface area contributed by atoms with E-state index in [0.717, 1.165) is 11.3 Å². The highest BCUT2D eigenvalue weighted by molar-refractivity contribution is 5.96.